The molecule has 2 aromatic heterocycles. The molecule has 0 fully saturated rings. The first-order valence-electron chi connectivity index (χ1n) is 6.93. The molecule has 2 heterocycles. The van der Waals surface area contributed by atoms with E-state index in [4.69, 9.17) is 4.42 Å². The maximum atomic E-state index is 12.2. The number of rotatable bonds is 6. The molecule has 0 saturated heterocycles. The van der Waals surface area contributed by atoms with E-state index in [0.717, 1.165) is 5.16 Å². The molecular formula is C15H21N3O3S. The van der Waals surface area contributed by atoms with Crippen LogP contribution < -0.4 is 0 Å². The summed E-state index contributed by atoms with van der Waals surface area (Å²) in [5.41, 5.74) is -0.937. The van der Waals surface area contributed by atoms with Crippen LogP contribution in [0, 0.1) is 0 Å². The van der Waals surface area contributed by atoms with E-state index in [2.05, 4.69) is 4.98 Å². The third kappa shape index (κ3) is 4.38. The van der Waals surface area contributed by atoms with E-state index in [0.29, 0.717) is 11.5 Å². The zero-order valence-electron chi connectivity index (χ0n) is 13.2. The Balaban J connectivity index is 1.96. The highest BCUT2D eigenvalue weighted by Crippen LogP contribution is 2.22. The van der Waals surface area contributed by atoms with Crippen molar-refractivity contribution < 1.29 is 14.3 Å². The Bertz CT molecular complexity index is 642. The van der Waals surface area contributed by atoms with Crippen LogP contribution in [0.15, 0.2) is 34.1 Å². The fourth-order valence-corrected chi connectivity index (χ4v) is 2.86. The minimum Gasteiger partial charge on any atom is -0.455 e. The van der Waals surface area contributed by atoms with Crippen molar-refractivity contribution in [3.8, 4) is 0 Å². The van der Waals surface area contributed by atoms with Gasteiger partial charge in [-0.3, -0.25) is 4.79 Å². The highest BCUT2D eigenvalue weighted by molar-refractivity contribution is 7.98. The predicted octanol–water partition coefficient (Wildman–Crippen LogP) is 2.15. The van der Waals surface area contributed by atoms with E-state index < -0.39 is 5.60 Å². The second kappa shape index (κ2) is 6.58. The van der Waals surface area contributed by atoms with E-state index in [1.165, 1.54) is 4.90 Å². The van der Waals surface area contributed by atoms with Gasteiger partial charge in [0, 0.05) is 33.0 Å². The van der Waals surface area contributed by atoms with Gasteiger partial charge in [-0.25, -0.2) is 4.98 Å². The van der Waals surface area contributed by atoms with Crippen molar-refractivity contribution in [3.63, 3.8) is 0 Å². The number of amides is 1. The van der Waals surface area contributed by atoms with Crippen LogP contribution in [0.2, 0.25) is 0 Å². The van der Waals surface area contributed by atoms with Crippen molar-refractivity contribution in [2.45, 2.75) is 30.4 Å². The Labute approximate surface area is 134 Å². The number of likely N-dealkylation sites (N-methyl/N-ethyl adjacent to an activating group) is 1. The molecule has 0 aromatic carbocycles. The summed E-state index contributed by atoms with van der Waals surface area (Å²) in [5, 5.41) is 10.7. The normalized spacial score (nSPS) is 11.7. The number of aryl methyl sites for hydroxylation is 1. The van der Waals surface area contributed by atoms with Gasteiger partial charge in [-0.05, 0) is 26.0 Å². The molecule has 1 N–H and O–H groups in total. The lowest BCUT2D eigenvalue weighted by molar-refractivity contribution is 0.0351. The molecule has 2 rings (SSSR count). The van der Waals surface area contributed by atoms with Gasteiger partial charge in [0.1, 0.15) is 5.76 Å². The predicted molar refractivity (Wildman–Crippen MR) is 84.7 cm³/mol. The quantitative estimate of drug-likeness (QED) is 0.825. The van der Waals surface area contributed by atoms with Crippen LogP contribution in [-0.4, -0.2) is 44.7 Å². The Morgan fingerprint density at radius 2 is 2.23 bits per heavy atom. The summed E-state index contributed by atoms with van der Waals surface area (Å²) in [5.74, 6) is 1.36. The Morgan fingerprint density at radius 3 is 2.82 bits per heavy atom. The Hall–Kier alpha value is -1.73. The summed E-state index contributed by atoms with van der Waals surface area (Å²) in [7, 11) is 3.57. The van der Waals surface area contributed by atoms with E-state index in [1.807, 2.05) is 17.8 Å². The lowest BCUT2D eigenvalue weighted by atomic mass is 10.1. The summed E-state index contributed by atoms with van der Waals surface area (Å²) in [4.78, 5) is 17.9. The number of aromatic nitrogens is 2. The number of thioether (sulfide) groups is 1. The molecule has 0 saturated carbocycles. The fraction of sp³-hybridized carbons (Fsp3) is 0.467. The van der Waals surface area contributed by atoms with E-state index in [-0.39, 0.29) is 18.2 Å². The average Bonchev–Trinajstić information content (AvgIpc) is 3.02. The van der Waals surface area contributed by atoms with Gasteiger partial charge in [0.15, 0.2) is 10.9 Å². The molecule has 1 amide bonds. The standard InChI is InChI=1S/C15H21N3O3S/c1-15(2,20)10-18(4)13(19)12-6-5-11(21-12)9-22-14-16-7-8-17(14)3/h5-8,20H,9-10H2,1-4H3. The SMILES string of the molecule is CN(CC(C)(C)O)C(=O)c1ccc(CSc2nccn2C)o1. The van der Waals surface area contributed by atoms with Crippen molar-refractivity contribution in [1.82, 2.24) is 14.5 Å². The van der Waals surface area contributed by atoms with Gasteiger partial charge in [0.05, 0.1) is 11.4 Å². The third-order valence-electron chi connectivity index (χ3n) is 2.96. The summed E-state index contributed by atoms with van der Waals surface area (Å²) in [6.45, 7) is 3.56. The smallest absolute Gasteiger partial charge is 0.289 e. The number of nitrogens with zero attached hydrogens (tertiary/aromatic N) is 3. The zero-order chi connectivity index (χ0) is 16.3. The van der Waals surface area contributed by atoms with Crippen LogP contribution in [0.1, 0.15) is 30.2 Å². The number of furan rings is 1. The summed E-state index contributed by atoms with van der Waals surface area (Å²) >= 11 is 1.54. The minimum absolute atomic E-state index is 0.240. The second-order valence-electron chi connectivity index (χ2n) is 5.85. The molecule has 0 aliphatic carbocycles. The number of carbonyl (C=O) groups excluding carboxylic acids is 1. The number of carbonyl (C=O) groups is 1. The maximum absolute atomic E-state index is 12.2. The van der Waals surface area contributed by atoms with Gasteiger partial charge in [-0.1, -0.05) is 11.8 Å². The zero-order valence-corrected chi connectivity index (χ0v) is 14.1. The third-order valence-corrected chi connectivity index (χ3v) is 4.04. The summed E-state index contributed by atoms with van der Waals surface area (Å²) < 4.78 is 7.52. The van der Waals surface area contributed by atoms with Gasteiger partial charge in [-0.2, -0.15) is 0 Å². The first kappa shape index (κ1) is 16.6. The topological polar surface area (TPSA) is 71.5 Å². The molecule has 6 nitrogen and oxygen atoms in total. The number of hydrogen-bond donors (Lipinski definition) is 1. The molecule has 0 aliphatic heterocycles. The van der Waals surface area contributed by atoms with Gasteiger partial charge >= 0.3 is 0 Å². The number of imidazole rings is 1. The highest BCUT2D eigenvalue weighted by atomic mass is 32.2. The molecule has 2 aromatic rings. The molecule has 0 radical (unpaired) electrons. The highest BCUT2D eigenvalue weighted by Gasteiger charge is 2.22. The number of aliphatic hydroxyl groups is 1. The first-order chi connectivity index (χ1) is 10.3. The summed E-state index contributed by atoms with van der Waals surface area (Å²) in [6, 6.07) is 3.46. The van der Waals surface area contributed by atoms with Crippen LogP contribution in [-0.2, 0) is 12.8 Å². The van der Waals surface area contributed by atoms with Gasteiger partial charge in [0.25, 0.3) is 5.91 Å². The Morgan fingerprint density at radius 1 is 1.50 bits per heavy atom. The van der Waals surface area contributed by atoms with Crippen molar-refractivity contribution in [2.75, 3.05) is 13.6 Å². The van der Waals surface area contributed by atoms with Gasteiger partial charge in [0.2, 0.25) is 0 Å². The molecule has 0 aliphatic rings. The Kier molecular flexibility index (Phi) is 4.97. The number of hydrogen-bond acceptors (Lipinski definition) is 5. The fourth-order valence-electron chi connectivity index (χ4n) is 2.04. The minimum atomic E-state index is -0.937. The lowest BCUT2D eigenvalue weighted by Gasteiger charge is -2.24. The lowest BCUT2D eigenvalue weighted by Crippen LogP contribution is -2.39. The largest absolute Gasteiger partial charge is 0.455 e. The molecule has 0 unspecified atom stereocenters. The monoisotopic (exact) mass is 323 g/mol. The maximum Gasteiger partial charge on any atom is 0.289 e. The van der Waals surface area contributed by atoms with Crippen molar-refractivity contribution >= 4 is 17.7 Å². The van der Waals surface area contributed by atoms with E-state index in [9.17, 15) is 9.90 Å². The van der Waals surface area contributed by atoms with Crippen molar-refractivity contribution in [1.29, 1.82) is 0 Å². The van der Waals surface area contributed by atoms with Gasteiger partial charge in [-0.15, -0.1) is 0 Å². The average molecular weight is 323 g/mol. The van der Waals surface area contributed by atoms with Crippen molar-refractivity contribution in [2.24, 2.45) is 7.05 Å². The molecule has 120 valence electrons. The molecular weight excluding hydrogens is 302 g/mol. The van der Waals surface area contributed by atoms with Crippen LogP contribution >= 0.6 is 11.8 Å². The summed E-state index contributed by atoms with van der Waals surface area (Å²) in [6.07, 6.45) is 3.62. The van der Waals surface area contributed by atoms with Crippen molar-refractivity contribution in [3.05, 3.63) is 36.0 Å². The van der Waals surface area contributed by atoms with Crippen LogP contribution in [0.5, 0.6) is 0 Å². The van der Waals surface area contributed by atoms with Crippen LogP contribution in [0.4, 0.5) is 0 Å². The van der Waals surface area contributed by atoms with Gasteiger partial charge < -0.3 is 19.0 Å². The van der Waals surface area contributed by atoms with Crippen LogP contribution in [0.25, 0.3) is 0 Å². The van der Waals surface area contributed by atoms with E-state index in [1.54, 1.807) is 51.0 Å². The molecule has 0 bridgehead atoms. The van der Waals surface area contributed by atoms with Crippen LogP contribution in [0.3, 0.4) is 0 Å². The molecule has 0 atom stereocenters. The molecule has 7 heteroatoms. The van der Waals surface area contributed by atoms with E-state index >= 15 is 0 Å². The first-order valence-corrected chi connectivity index (χ1v) is 7.91. The molecule has 0 spiro atoms. The molecule has 22 heavy (non-hydrogen) atoms. The second-order valence-corrected chi connectivity index (χ2v) is 6.79.